The van der Waals surface area contributed by atoms with Gasteiger partial charge in [-0.1, -0.05) is 11.6 Å². The first-order valence-electron chi connectivity index (χ1n) is 6.52. The fourth-order valence-corrected chi connectivity index (χ4v) is 3.52. The molecular weight excluding hydrogens is 330 g/mol. The number of fused-ring (bicyclic) bond motifs is 1. The maximum Gasteiger partial charge on any atom is 0.144 e. The fraction of sp³-hybridized carbons (Fsp3) is 0.267. The molecule has 110 valence electrons. The van der Waals surface area contributed by atoms with Gasteiger partial charge in [-0.05, 0) is 42.3 Å². The highest BCUT2D eigenvalue weighted by atomic mass is 35.5. The van der Waals surface area contributed by atoms with Gasteiger partial charge in [-0.2, -0.15) is 11.3 Å². The Morgan fingerprint density at radius 2 is 2.10 bits per heavy atom. The summed E-state index contributed by atoms with van der Waals surface area (Å²) in [6, 6.07) is 5.05. The normalized spacial score (nSPS) is 14.5. The summed E-state index contributed by atoms with van der Waals surface area (Å²) in [5.74, 6) is 0.267. The minimum absolute atomic E-state index is 0.0259. The highest BCUT2D eigenvalue weighted by Crippen LogP contribution is 2.33. The van der Waals surface area contributed by atoms with Gasteiger partial charge in [-0.25, -0.2) is 9.37 Å². The first-order valence-corrected chi connectivity index (χ1v) is 8.27. The molecule has 0 N–H and O–H groups in total. The van der Waals surface area contributed by atoms with Crippen molar-refractivity contribution in [2.24, 2.45) is 0 Å². The van der Waals surface area contributed by atoms with E-state index in [2.05, 4.69) is 23.4 Å². The summed E-state index contributed by atoms with van der Waals surface area (Å²) < 4.78 is 15.8. The number of thiophene rings is 1. The topological polar surface area (TPSA) is 17.8 Å². The van der Waals surface area contributed by atoms with Crippen molar-refractivity contribution in [2.75, 3.05) is 0 Å². The summed E-state index contributed by atoms with van der Waals surface area (Å²) in [5.41, 5.74) is 2.51. The summed E-state index contributed by atoms with van der Waals surface area (Å²) in [5, 5.41) is 3.89. The summed E-state index contributed by atoms with van der Waals surface area (Å²) in [7, 11) is 0. The van der Waals surface area contributed by atoms with E-state index in [0.29, 0.717) is 16.9 Å². The molecule has 1 aromatic carbocycles. The van der Waals surface area contributed by atoms with Crippen LogP contribution in [0.1, 0.15) is 36.7 Å². The molecule has 0 aliphatic carbocycles. The van der Waals surface area contributed by atoms with Crippen LogP contribution in [0.2, 0.25) is 5.02 Å². The zero-order valence-electron chi connectivity index (χ0n) is 11.5. The molecule has 0 saturated heterocycles. The number of alkyl halides is 1. The summed E-state index contributed by atoms with van der Waals surface area (Å²) in [4.78, 5) is 4.53. The first-order chi connectivity index (χ1) is 9.99. The lowest BCUT2D eigenvalue weighted by atomic mass is 10.1. The number of hydrogen-bond acceptors (Lipinski definition) is 2. The van der Waals surface area contributed by atoms with Crippen molar-refractivity contribution in [3.05, 3.63) is 51.2 Å². The van der Waals surface area contributed by atoms with E-state index in [1.54, 1.807) is 17.4 Å². The van der Waals surface area contributed by atoms with Gasteiger partial charge in [0.25, 0.3) is 0 Å². The van der Waals surface area contributed by atoms with Crippen LogP contribution < -0.4 is 0 Å². The van der Waals surface area contributed by atoms with E-state index >= 15 is 0 Å². The minimum atomic E-state index is -0.448. The molecule has 3 rings (SSSR count). The molecule has 2 heterocycles. The van der Waals surface area contributed by atoms with Gasteiger partial charge >= 0.3 is 0 Å². The highest BCUT2D eigenvalue weighted by molar-refractivity contribution is 7.07. The van der Waals surface area contributed by atoms with E-state index < -0.39 is 5.82 Å². The Hall–Kier alpha value is -1.10. The van der Waals surface area contributed by atoms with Crippen LogP contribution in [0.15, 0.2) is 29.0 Å². The third-order valence-corrected chi connectivity index (χ3v) is 4.71. The van der Waals surface area contributed by atoms with E-state index in [9.17, 15) is 4.39 Å². The number of rotatable bonds is 3. The van der Waals surface area contributed by atoms with E-state index in [1.165, 1.54) is 6.07 Å². The SMILES string of the molecule is CC(Cl)c1nc2cc(Cl)c(F)cc2n1C(C)c1ccsc1. The number of halogens is 3. The predicted octanol–water partition coefficient (Wildman–Crippen LogP) is 5.80. The lowest BCUT2D eigenvalue weighted by molar-refractivity contribution is 0.611. The molecule has 2 unspecified atom stereocenters. The number of imidazole rings is 1. The molecule has 6 heteroatoms. The number of hydrogen-bond donors (Lipinski definition) is 0. The van der Waals surface area contributed by atoms with Crippen LogP contribution in [0.25, 0.3) is 11.0 Å². The minimum Gasteiger partial charge on any atom is -0.319 e. The third-order valence-electron chi connectivity index (χ3n) is 3.53. The molecule has 0 aliphatic heterocycles. The van der Waals surface area contributed by atoms with Crippen LogP contribution in [-0.4, -0.2) is 9.55 Å². The lowest BCUT2D eigenvalue weighted by Gasteiger charge is -2.18. The molecule has 0 aliphatic rings. The number of benzene rings is 1. The van der Waals surface area contributed by atoms with Gasteiger partial charge in [0.1, 0.15) is 11.6 Å². The molecule has 2 nitrogen and oxygen atoms in total. The van der Waals surface area contributed by atoms with Gasteiger partial charge in [0.15, 0.2) is 0 Å². The number of aromatic nitrogens is 2. The average molecular weight is 343 g/mol. The molecule has 2 atom stereocenters. The summed E-state index contributed by atoms with van der Waals surface area (Å²) in [6.07, 6.45) is 0. The Labute approximate surface area is 136 Å². The molecule has 3 aromatic rings. The zero-order chi connectivity index (χ0) is 15.1. The Bertz CT molecular complexity index is 781. The molecule has 21 heavy (non-hydrogen) atoms. The quantitative estimate of drug-likeness (QED) is 0.550. The van der Waals surface area contributed by atoms with Crippen LogP contribution in [-0.2, 0) is 0 Å². The molecule has 0 fully saturated rings. The van der Waals surface area contributed by atoms with Gasteiger partial charge in [0, 0.05) is 6.07 Å². The Balaban J connectivity index is 2.27. The fourth-order valence-electron chi connectivity index (χ4n) is 2.46. The van der Waals surface area contributed by atoms with Gasteiger partial charge < -0.3 is 4.57 Å². The van der Waals surface area contributed by atoms with Crippen LogP contribution in [0.3, 0.4) is 0 Å². The second-order valence-electron chi connectivity index (χ2n) is 4.94. The standard InChI is InChI=1S/C15H13Cl2FN2S/c1-8(16)15-19-13-5-11(17)12(18)6-14(13)20(15)9(2)10-3-4-21-7-10/h3-9H,1-2H3. The van der Waals surface area contributed by atoms with Crippen molar-refractivity contribution in [2.45, 2.75) is 25.3 Å². The number of nitrogens with zero attached hydrogens (tertiary/aromatic N) is 2. The molecule has 0 amide bonds. The average Bonchev–Trinajstić information content (AvgIpc) is 3.06. The Morgan fingerprint density at radius 1 is 1.33 bits per heavy atom. The van der Waals surface area contributed by atoms with Crippen molar-refractivity contribution in [1.82, 2.24) is 9.55 Å². The van der Waals surface area contributed by atoms with Gasteiger partial charge in [0.05, 0.1) is 27.5 Å². The second kappa shape index (κ2) is 5.59. The molecule has 0 bridgehead atoms. The van der Waals surface area contributed by atoms with Crippen molar-refractivity contribution >= 4 is 45.6 Å². The van der Waals surface area contributed by atoms with Crippen LogP contribution in [0.5, 0.6) is 0 Å². The summed E-state index contributed by atoms with van der Waals surface area (Å²) >= 11 is 13.7. The van der Waals surface area contributed by atoms with Crippen LogP contribution in [0, 0.1) is 5.82 Å². The van der Waals surface area contributed by atoms with Crippen LogP contribution in [0.4, 0.5) is 4.39 Å². The first kappa shape index (κ1) is 14.8. The molecule has 2 aromatic heterocycles. The molecule has 0 saturated carbocycles. The predicted molar refractivity (Wildman–Crippen MR) is 87.1 cm³/mol. The molecule has 0 spiro atoms. The second-order valence-corrected chi connectivity index (χ2v) is 6.79. The van der Waals surface area contributed by atoms with Gasteiger partial charge in [0.2, 0.25) is 0 Å². The van der Waals surface area contributed by atoms with Crippen molar-refractivity contribution in [3.63, 3.8) is 0 Å². The van der Waals surface area contributed by atoms with Crippen molar-refractivity contribution < 1.29 is 4.39 Å². The highest BCUT2D eigenvalue weighted by Gasteiger charge is 2.21. The van der Waals surface area contributed by atoms with Crippen LogP contribution >= 0.6 is 34.5 Å². The summed E-state index contributed by atoms with van der Waals surface area (Å²) in [6.45, 7) is 3.91. The maximum atomic E-state index is 13.8. The lowest BCUT2D eigenvalue weighted by Crippen LogP contribution is -2.10. The van der Waals surface area contributed by atoms with E-state index in [-0.39, 0.29) is 16.4 Å². The largest absolute Gasteiger partial charge is 0.319 e. The van der Waals surface area contributed by atoms with E-state index in [4.69, 9.17) is 23.2 Å². The maximum absolute atomic E-state index is 13.8. The van der Waals surface area contributed by atoms with Crippen molar-refractivity contribution in [1.29, 1.82) is 0 Å². The monoisotopic (exact) mass is 342 g/mol. The Morgan fingerprint density at radius 3 is 2.71 bits per heavy atom. The third kappa shape index (κ3) is 2.56. The Kier molecular flexibility index (Phi) is 3.95. The van der Waals surface area contributed by atoms with Crippen molar-refractivity contribution in [3.8, 4) is 0 Å². The van der Waals surface area contributed by atoms with Gasteiger partial charge in [-0.15, -0.1) is 11.6 Å². The van der Waals surface area contributed by atoms with E-state index in [1.807, 2.05) is 16.9 Å². The van der Waals surface area contributed by atoms with Gasteiger partial charge in [-0.3, -0.25) is 0 Å². The molecular formula is C15H13Cl2FN2S. The zero-order valence-corrected chi connectivity index (χ0v) is 13.8. The molecule has 0 radical (unpaired) electrons. The van der Waals surface area contributed by atoms with E-state index in [0.717, 1.165) is 5.56 Å². The smallest absolute Gasteiger partial charge is 0.144 e.